The second kappa shape index (κ2) is 8.06. The van der Waals surface area contributed by atoms with Gasteiger partial charge in [0.2, 0.25) is 6.29 Å². The normalized spacial score (nSPS) is 11.4. The molecule has 1 aromatic rings. The highest BCUT2D eigenvalue weighted by molar-refractivity contribution is 5.87. The maximum absolute atomic E-state index is 11.7. The Morgan fingerprint density at radius 1 is 1.14 bits per heavy atom. The van der Waals surface area contributed by atoms with Crippen molar-refractivity contribution < 1.29 is 28.5 Å². The molecular formula is C15H18O6. The van der Waals surface area contributed by atoms with E-state index in [9.17, 15) is 9.59 Å². The molecule has 0 aliphatic heterocycles. The van der Waals surface area contributed by atoms with Crippen molar-refractivity contribution in [2.24, 2.45) is 0 Å². The van der Waals surface area contributed by atoms with Crippen molar-refractivity contribution in [3.63, 3.8) is 0 Å². The number of ether oxygens (including phenoxy) is 4. The second-order valence-electron chi connectivity index (χ2n) is 4.20. The van der Waals surface area contributed by atoms with E-state index in [4.69, 9.17) is 18.9 Å². The van der Waals surface area contributed by atoms with Gasteiger partial charge in [-0.25, -0.2) is 4.79 Å². The minimum absolute atomic E-state index is 0.221. The van der Waals surface area contributed by atoms with E-state index in [1.54, 1.807) is 31.4 Å². The van der Waals surface area contributed by atoms with Gasteiger partial charge in [0, 0.05) is 12.7 Å². The molecule has 0 aromatic heterocycles. The fraction of sp³-hybridized carbons (Fsp3) is 0.333. The molecule has 1 aromatic carbocycles. The van der Waals surface area contributed by atoms with Crippen LogP contribution in [0.4, 0.5) is 0 Å². The minimum Gasteiger partial charge on any atom is -0.497 e. The molecule has 0 heterocycles. The predicted octanol–water partition coefficient (Wildman–Crippen LogP) is 2.08. The third-order valence-electron chi connectivity index (χ3n) is 2.47. The van der Waals surface area contributed by atoms with E-state index >= 15 is 0 Å². The number of esters is 2. The zero-order chi connectivity index (χ0) is 15.8. The molecule has 1 rings (SSSR count). The molecule has 21 heavy (non-hydrogen) atoms. The fourth-order valence-corrected chi connectivity index (χ4v) is 1.35. The summed E-state index contributed by atoms with van der Waals surface area (Å²) in [5.41, 5.74) is 0.223. The van der Waals surface area contributed by atoms with Gasteiger partial charge in [-0.1, -0.05) is 6.58 Å². The van der Waals surface area contributed by atoms with Crippen molar-refractivity contribution in [3.05, 3.63) is 36.4 Å². The highest BCUT2D eigenvalue weighted by Gasteiger charge is 2.19. The number of carbonyl (C=O) groups excluding carboxylic acids is 2. The summed E-state index contributed by atoms with van der Waals surface area (Å²) >= 11 is 0. The lowest BCUT2D eigenvalue weighted by molar-refractivity contribution is -0.174. The molecule has 6 heteroatoms. The van der Waals surface area contributed by atoms with Crippen molar-refractivity contribution in [2.75, 3.05) is 14.2 Å². The Morgan fingerprint density at radius 2 is 1.71 bits per heavy atom. The van der Waals surface area contributed by atoms with Crippen LogP contribution in [0.25, 0.3) is 0 Å². The van der Waals surface area contributed by atoms with Crippen LogP contribution in [0.1, 0.15) is 13.3 Å². The lowest BCUT2D eigenvalue weighted by atomic mass is 10.3. The van der Waals surface area contributed by atoms with Crippen molar-refractivity contribution in [3.8, 4) is 11.5 Å². The molecule has 0 saturated heterocycles. The van der Waals surface area contributed by atoms with Crippen molar-refractivity contribution >= 4 is 11.9 Å². The smallest absolute Gasteiger partial charge is 0.335 e. The van der Waals surface area contributed by atoms with Crippen LogP contribution in [0.2, 0.25) is 0 Å². The standard InChI is InChI=1S/C15H18O6/c1-10(2)15(17)21-14(19-4)9-13(16)20-12-7-5-11(18-3)6-8-12/h5-8,14H,1,9H2,2-4H3. The summed E-state index contributed by atoms with van der Waals surface area (Å²) in [5, 5.41) is 0. The van der Waals surface area contributed by atoms with E-state index in [1.165, 1.54) is 14.0 Å². The Kier molecular flexibility index (Phi) is 6.42. The Labute approximate surface area is 123 Å². The quantitative estimate of drug-likeness (QED) is 0.332. The molecule has 0 bridgehead atoms. The van der Waals surface area contributed by atoms with E-state index in [-0.39, 0.29) is 12.0 Å². The number of rotatable bonds is 7. The van der Waals surface area contributed by atoms with Gasteiger partial charge in [0.25, 0.3) is 0 Å². The molecule has 1 unspecified atom stereocenters. The molecule has 0 spiro atoms. The average molecular weight is 294 g/mol. The summed E-state index contributed by atoms with van der Waals surface area (Å²) in [6, 6.07) is 6.52. The monoisotopic (exact) mass is 294 g/mol. The summed E-state index contributed by atoms with van der Waals surface area (Å²) < 4.78 is 19.9. The molecule has 0 N–H and O–H groups in total. The van der Waals surface area contributed by atoms with E-state index in [0.717, 1.165) is 0 Å². The van der Waals surface area contributed by atoms with Crippen LogP contribution in [0.5, 0.6) is 11.5 Å². The van der Waals surface area contributed by atoms with Crippen LogP contribution in [0.3, 0.4) is 0 Å². The first-order chi connectivity index (χ1) is 9.96. The summed E-state index contributed by atoms with van der Waals surface area (Å²) in [4.78, 5) is 23.1. The van der Waals surface area contributed by atoms with Gasteiger partial charge in [0.1, 0.15) is 17.9 Å². The minimum atomic E-state index is -1.01. The Hall–Kier alpha value is -2.34. The van der Waals surface area contributed by atoms with Crippen molar-refractivity contribution in [2.45, 2.75) is 19.6 Å². The number of hydrogen-bond acceptors (Lipinski definition) is 6. The zero-order valence-electron chi connectivity index (χ0n) is 12.3. The van der Waals surface area contributed by atoms with E-state index in [2.05, 4.69) is 6.58 Å². The first-order valence-corrected chi connectivity index (χ1v) is 6.20. The van der Waals surface area contributed by atoms with Gasteiger partial charge in [0.05, 0.1) is 7.11 Å². The third kappa shape index (κ3) is 5.66. The highest BCUT2D eigenvalue weighted by atomic mass is 16.7. The van der Waals surface area contributed by atoms with Crippen LogP contribution in [-0.2, 0) is 19.1 Å². The molecule has 0 aliphatic carbocycles. The first kappa shape index (κ1) is 16.7. The summed E-state index contributed by atoms with van der Waals surface area (Å²) in [7, 11) is 2.87. The molecule has 114 valence electrons. The largest absolute Gasteiger partial charge is 0.497 e. The lowest BCUT2D eigenvalue weighted by Gasteiger charge is -2.15. The first-order valence-electron chi connectivity index (χ1n) is 6.20. The van der Waals surface area contributed by atoms with Crippen LogP contribution in [0.15, 0.2) is 36.4 Å². The molecule has 0 aliphatic rings. The van der Waals surface area contributed by atoms with Crippen LogP contribution >= 0.6 is 0 Å². The van der Waals surface area contributed by atoms with Crippen LogP contribution < -0.4 is 9.47 Å². The van der Waals surface area contributed by atoms with Crippen molar-refractivity contribution in [1.29, 1.82) is 0 Å². The SMILES string of the molecule is C=C(C)C(=O)OC(CC(=O)Oc1ccc(OC)cc1)OC. The predicted molar refractivity (Wildman–Crippen MR) is 74.9 cm³/mol. The van der Waals surface area contributed by atoms with Gasteiger partial charge in [-0.2, -0.15) is 0 Å². The Balaban J connectivity index is 2.53. The van der Waals surface area contributed by atoms with E-state index < -0.39 is 18.2 Å². The zero-order valence-corrected chi connectivity index (χ0v) is 12.3. The second-order valence-corrected chi connectivity index (χ2v) is 4.20. The van der Waals surface area contributed by atoms with Gasteiger partial charge in [-0.3, -0.25) is 4.79 Å². The number of hydrogen-bond donors (Lipinski definition) is 0. The highest BCUT2D eigenvalue weighted by Crippen LogP contribution is 2.18. The molecule has 6 nitrogen and oxygen atoms in total. The molecule has 0 amide bonds. The molecule has 0 fully saturated rings. The molecule has 1 atom stereocenters. The van der Waals surface area contributed by atoms with Gasteiger partial charge < -0.3 is 18.9 Å². The van der Waals surface area contributed by atoms with Crippen LogP contribution in [-0.4, -0.2) is 32.4 Å². The Morgan fingerprint density at radius 3 is 2.19 bits per heavy atom. The van der Waals surface area contributed by atoms with E-state index in [0.29, 0.717) is 11.5 Å². The summed E-state index contributed by atoms with van der Waals surface area (Å²) in [6.45, 7) is 4.95. The third-order valence-corrected chi connectivity index (χ3v) is 2.47. The summed E-state index contributed by atoms with van der Waals surface area (Å²) in [6.07, 6.45) is -1.23. The number of benzene rings is 1. The maximum Gasteiger partial charge on any atom is 0.335 e. The lowest BCUT2D eigenvalue weighted by Crippen LogP contribution is -2.25. The Bertz CT molecular complexity index is 505. The topological polar surface area (TPSA) is 71.1 Å². The van der Waals surface area contributed by atoms with Crippen molar-refractivity contribution in [1.82, 2.24) is 0 Å². The van der Waals surface area contributed by atoms with Gasteiger partial charge in [0.15, 0.2) is 0 Å². The van der Waals surface area contributed by atoms with E-state index in [1.807, 2.05) is 0 Å². The van der Waals surface area contributed by atoms with Gasteiger partial charge in [-0.05, 0) is 31.2 Å². The molecule has 0 radical (unpaired) electrons. The maximum atomic E-state index is 11.7. The number of carbonyl (C=O) groups is 2. The summed E-state index contributed by atoms with van der Waals surface area (Å²) in [5.74, 6) is -0.192. The molecule has 0 saturated carbocycles. The van der Waals surface area contributed by atoms with Crippen LogP contribution in [0, 0.1) is 0 Å². The number of methoxy groups -OCH3 is 2. The van der Waals surface area contributed by atoms with Gasteiger partial charge >= 0.3 is 11.9 Å². The average Bonchev–Trinajstić information content (AvgIpc) is 2.47. The molecular weight excluding hydrogens is 276 g/mol. The fourth-order valence-electron chi connectivity index (χ4n) is 1.35. The van der Waals surface area contributed by atoms with Gasteiger partial charge in [-0.15, -0.1) is 0 Å².